The molecule has 0 aliphatic carbocycles. The lowest BCUT2D eigenvalue weighted by Crippen LogP contribution is -2.24. The van der Waals surface area contributed by atoms with Crippen LogP contribution in [0, 0.1) is 0 Å². The van der Waals surface area contributed by atoms with Gasteiger partial charge < -0.3 is 15.0 Å². The third-order valence-electron chi connectivity index (χ3n) is 3.70. The van der Waals surface area contributed by atoms with Gasteiger partial charge in [-0.3, -0.25) is 0 Å². The number of hydrogen-bond donors (Lipinski definition) is 1. The minimum absolute atomic E-state index is 0.672. The fourth-order valence-corrected chi connectivity index (χ4v) is 4.17. The first kappa shape index (κ1) is 17.3. The highest BCUT2D eigenvalue weighted by atomic mass is 79.9. The van der Waals surface area contributed by atoms with Crippen LogP contribution in [0.15, 0.2) is 21.1 Å². The molecule has 21 heavy (non-hydrogen) atoms. The van der Waals surface area contributed by atoms with Gasteiger partial charge in [-0.05, 0) is 102 Å². The van der Waals surface area contributed by atoms with E-state index in [0.29, 0.717) is 6.61 Å². The Morgan fingerprint density at radius 3 is 2.48 bits per heavy atom. The number of ether oxygens (including phenoxy) is 1. The topological polar surface area (TPSA) is 24.5 Å². The van der Waals surface area contributed by atoms with Gasteiger partial charge in [0.2, 0.25) is 0 Å². The Hall–Kier alpha value is -0.100. The molecule has 1 heterocycles. The van der Waals surface area contributed by atoms with E-state index in [9.17, 15) is 0 Å². The Morgan fingerprint density at radius 1 is 1.19 bits per heavy atom. The second kappa shape index (κ2) is 9.13. The van der Waals surface area contributed by atoms with Crippen molar-refractivity contribution in [2.24, 2.45) is 0 Å². The van der Waals surface area contributed by atoms with Gasteiger partial charge in [0.25, 0.3) is 0 Å². The van der Waals surface area contributed by atoms with Crippen LogP contribution < -0.4 is 10.1 Å². The maximum Gasteiger partial charge on any atom is 0.147 e. The molecular formula is C16H24Br2N2O. The zero-order valence-corrected chi connectivity index (χ0v) is 15.8. The van der Waals surface area contributed by atoms with Gasteiger partial charge in [-0.1, -0.05) is 0 Å². The van der Waals surface area contributed by atoms with Crippen LogP contribution in [0.4, 0.5) is 0 Å². The molecule has 0 bridgehead atoms. The van der Waals surface area contributed by atoms with Crippen LogP contribution in [-0.2, 0) is 6.54 Å². The molecule has 118 valence electrons. The zero-order chi connectivity index (χ0) is 15.1. The summed E-state index contributed by atoms with van der Waals surface area (Å²) in [6.07, 6.45) is 3.97. The van der Waals surface area contributed by atoms with Crippen molar-refractivity contribution < 1.29 is 4.74 Å². The molecule has 0 aromatic heterocycles. The first-order valence-corrected chi connectivity index (χ1v) is 9.33. The zero-order valence-electron chi connectivity index (χ0n) is 12.6. The summed E-state index contributed by atoms with van der Waals surface area (Å²) in [4.78, 5) is 2.56. The van der Waals surface area contributed by atoms with Gasteiger partial charge in [-0.2, -0.15) is 0 Å². The molecular weight excluding hydrogens is 396 g/mol. The van der Waals surface area contributed by atoms with Crippen LogP contribution in [0.2, 0.25) is 0 Å². The van der Waals surface area contributed by atoms with E-state index in [1.807, 2.05) is 6.92 Å². The van der Waals surface area contributed by atoms with Crippen LogP contribution in [0.5, 0.6) is 5.75 Å². The van der Waals surface area contributed by atoms with Gasteiger partial charge in [0.05, 0.1) is 15.6 Å². The standard InChI is InChI=1S/C16H24Br2N2O/c1-2-21-16-14(17)10-13(11-15(16)18)12-19-6-5-9-20-7-3-4-8-20/h10-11,19H,2-9,12H2,1H3. The Morgan fingerprint density at radius 2 is 1.86 bits per heavy atom. The molecule has 0 radical (unpaired) electrons. The molecule has 0 saturated carbocycles. The number of hydrogen-bond acceptors (Lipinski definition) is 3. The molecule has 5 heteroatoms. The third kappa shape index (κ3) is 5.55. The number of benzene rings is 1. The fourth-order valence-electron chi connectivity index (χ4n) is 2.66. The maximum absolute atomic E-state index is 5.60. The summed E-state index contributed by atoms with van der Waals surface area (Å²) in [5.41, 5.74) is 1.26. The minimum atomic E-state index is 0.672. The average molecular weight is 420 g/mol. The summed E-state index contributed by atoms with van der Waals surface area (Å²) < 4.78 is 7.62. The number of likely N-dealkylation sites (tertiary alicyclic amines) is 1. The van der Waals surface area contributed by atoms with E-state index in [1.165, 1.54) is 44.5 Å². The molecule has 1 N–H and O–H groups in total. The Kier molecular flexibility index (Phi) is 7.50. The van der Waals surface area contributed by atoms with Gasteiger partial charge >= 0.3 is 0 Å². The van der Waals surface area contributed by atoms with Crippen LogP contribution in [0.25, 0.3) is 0 Å². The van der Waals surface area contributed by atoms with Crippen molar-refractivity contribution in [1.29, 1.82) is 0 Å². The van der Waals surface area contributed by atoms with Gasteiger partial charge in [-0.15, -0.1) is 0 Å². The average Bonchev–Trinajstić information content (AvgIpc) is 2.96. The van der Waals surface area contributed by atoms with Crippen molar-refractivity contribution in [2.75, 3.05) is 32.8 Å². The smallest absolute Gasteiger partial charge is 0.147 e. The Labute approximate surface area is 144 Å². The van der Waals surface area contributed by atoms with E-state index in [-0.39, 0.29) is 0 Å². The van der Waals surface area contributed by atoms with Crippen molar-refractivity contribution in [3.05, 3.63) is 26.6 Å². The predicted octanol–water partition coefficient (Wildman–Crippen LogP) is 4.19. The first-order chi connectivity index (χ1) is 10.2. The SMILES string of the molecule is CCOc1c(Br)cc(CNCCCN2CCCC2)cc1Br. The quantitative estimate of drug-likeness (QED) is 0.639. The summed E-state index contributed by atoms with van der Waals surface area (Å²) in [6.45, 7) is 8.43. The molecule has 0 spiro atoms. The first-order valence-electron chi connectivity index (χ1n) is 7.74. The maximum atomic E-state index is 5.60. The largest absolute Gasteiger partial charge is 0.492 e. The van der Waals surface area contributed by atoms with Crippen molar-refractivity contribution in [3.63, 3.8) is 0 Å². The lowest BCUT2D eigenvalue weighted by molar-refractivity contribution is 0.331. The number of nitrogens with one attached hydrogen (secondary N) is 1. The normalized spacial score (nSPS) is 15.6. The number of halogens is 2. The molecule has 1 saturated heterocycles. The fraction of sp³-hybridized carbons (Fsp3) is 0.625. The van der Waals surface area contributed by atoms with E-state index >= 15 is 0 Å². The van der Waals surface area contributed by atoms with Crippen molar-refractivity contribution in [2.45, 2.75) is 32.7 Å². The van der Waals surface area contributed by atoms with E-state index in [1.54, 1.807) is 0 Å². The van der Waals surface area contributed by atoms with E-state index < -0.39 is 0 Å². The summed E-state index contributed by atoms with van der Waals surface area (Å²) in [6, 6.07) is 4.26. The van der Waals surface area contributed by atoms with E-state index in [4.69, 9.17) is 4.74 Å². The molecule has 1 fully saturated rings. The van der Waals surface area contributed by atoms with Crippen LogP contribution >= 0.6 is 31.9 Å². The number of nitrogens with zero attached hydrogens (tertiary/aromatic N) is 1. The molecule has 1 aromatic carbocycles. The van der Waals surface area contributed by atoms with Crippen LogP contribution in [-0.4, -0.2) is 37.7 Å². The van der Waals surface area contributed by atoms with Gasteiger partial charge in [0.1, 0.15) is 5.75 Å². The molecule has 0 unspecified atom stereocenters. The highest BCUT2D eigenvalue weighted by Gasteiger charge is 2.10. The molecule has 2 rings (SSSR count). The lowest BCUT2D eigenvalue weighted by Gasteiger charge is -2.15. The summed E-state index contributed by atoms with van der Waals surface area (Å²) in [5, 5.41) is 3.52. The molecule has 1 aliphatic heterocycles. The minimum Gasteiger partial charge on any atom is -0.492 e. The van der Waals surface area contributed by atoms with Crippen molar-refractivity contribution in [3.8, 4) is 5.75 Å². The van der Waals surface area contributed by atoms with Crippen LogP contribution in [0.1, 0.15) is 31.7 Å². The number of rotatable bonds is 8. The summed E-state index contributed by atoms with van der Waals surface area (Å²) in [7, 11) is 0. The van der Waals surface area contributed by atoms with Crippen LogP contribution in [0.3, 0.4) is 0 Å². The summed E-state index contributed by atoms with van der Waals surface area (Å²) in [5.74, 6) is 0.885. The predicted molar refractivity (Wildman–Crippen MR) is 95.0 cm³/mol. The van der Waals surface area contributed by atoms with Crippen molar-refractivity contribution in [1.82, 2.24) is 10.2 Å². The van der Waals surface area contributed by atoms with E-state index in [2.05, 4.69) is 54.2 Å². The lowest BCUT2D eigenvalue weighted by atomic mass is 10.2. The molecule has 3 nitrogen and oxygen atoms in total. The second-order valence-corrected chi connectivity index (χ2v) is 7.11. The molecule has 0 amide bonds. The highest BCUT2D eigenvalue weighted by Crippen LogP contribution is 2.34. The monoisotopic (exact) mass is 418 g/mol. The second-order valence-electron chi connectivity index (χ2n) is 5.40. The van der Waals surface area contributed by atoms with Gasteiger partial charge in [0.15, 0.2) is 0 Å². The van der Waals surface area contributed by atoms with Gasteiger partial charge in [0, 0.05) is 6.54 Å². The molecule has 1 aromatic rings. The van der Waals surface area contributed by atoms with E-state index in [0.717, 1.165) is 27.8 Å². The summed E-state index contributed by atoms with van der Waals surface area (Å²) >= 11 is 7.15. The van der Waals surface area contributed by atoms with Gasteiger partial charge in [-0.25, -0.2) is 0 Å². The Bertz CT molecular complexity index is 425. The Balaban J connectivity index is 1.72. The third-order valence-corrected chi connectivity index (χ3v) is 4.88. The molecule has 0 atom stereocenters. The highest BCUT2D eigenvalue weighted by molar-refractivity contribution is 9.11. The molecule has 1 aliphatic rings. The van der Waals surface area contributed by atoms with Crippen molar-refractivity contribution >= 4 is 31.9 Å².